The molecule has 12 atom stereocenters. The Kier molecular flexibility index (Phi) is 32.0. The van der Waals surface area contributed by atoms with E-state index in [0.29, 0.717) is 0 Å². The maximum Gasteiger partial charge on any atom is 0.246 e. The molecule has 86 heavy (non-hydrogen) atoms. The van der Waals surface area contributed by atoms with Crippen molar-refractivity contribution in [2.24, 2.45) is 41.4 Å². The Labute approximate surface area is 514 Å². The standard InChI is InChI=1S/C63H111N11O12/c1-25-27-28-29-41(15)53(76)52-57(80)66-44(26-2)59(82)68(18)34-49(75)69(19)45(30-35(3)4)56(79)67-50(39(11)12)62(85)70(20)46(31-36(5)6)55(78)64-42(16)54(77)65-43(17)58(81)71(21)47(32-37(7)8)60(83)72(22)48(33-38(9)10)61(84)73(23)51(40(13)14)63(86)74(52)24/h25,27-28,35-48,50-53,76H,1,26,29-34H2,2-24H3,(H,64,78)(H,65,77)(H,66,80)(H,67,79)/b28-27+/t41-,42+,43-,44+,45+,46+,47+,48+,50?,51+,52?,53-/m1/s1. The zero-order chi connectivity index (χ0) is 66.7. The lowest BCUT2D eigenvalue weighted by molar-refractivity contribution is -0.157. The van der Waals surface area contributed by atoms with Crippen LogP contribution in [0.2, 0.25) is 0 Å². The van der Waals surface area contributed by atoms with Crippen molar-refractivity contribution in [1.82, 2.24) is 55.6 Å². The Balaban J connectivity index is 4.34. The first-order valence-electron chi connectivity index (χ1n) is 30.7. The molecular weight excluding hydrogens is 1100 g/mol. The summed E-state index contributed by atoms with van der Waals surface area (Å²) in [5.74, 6) is -9.86. The van der Waals surface area contributed by atoms with Gasteiger partial charge in [0.2, 0.25) is 65.0 Å². The minimum absolute atomic E-state index is 0.0125. The van der Waals surface area contributed by atoms with Crippen LogP contribution in [0.3, 0.4) is 0 Å². The predicted molar refractivity (Wildman–Crippen MR) is 333 cm³/mol. The molecule has 0 radical (unpaired) electrons. The third kappa shape index (κ3) is 21.8. The molecule has 0 aliphatic carbocycles. The van der Waals surface area contributed by atoms with Gasteiger partial charge in [-0.3, -0.25) is 52.7 Å². The van der Waals surface area contributed by atoms with Crippen molar-refractivity contribution >= 4 is 65.0 Å². The second kappa shape index (κ2) is 35.4. The molecular formula is C63H111N11O12. The number of hydrogen-bond donors (Lipinski definition) is 5. The Morgan fingerprint density at radius 3 is 1.35 bits per heavy atom. The fraction of sp³-hybridized carbons (Fsp3) is 0.762. The fourth-order valence-electron chi connectivity index (χ4n) is 10.7. The van der Waals surface area contributed by atoms with Crippen molar-refractivity contribution in [3.8, 4) is 0 Å². The molecule has 23 heteroatoms. The van der Waals surface area contributed by atoms with Crippen LogP contribution in [0.4, 0.5) is 0 Å². The maximum absolute atomic E-state index is 15.2. The van der Waals surface area contributed by atoms with Gasteiger partial charge in [0.05, 0.1) is 12.6 Å². The third-order valence-corrected chi connectivity index (χ3v) is 16.1. The van der Waals surface area contributed by atoms with E-state index in [9.17, 15) is 48.3 Å². The minimum atomic E-state index is -1.64. The van der Waals surface area contributed by atoms with Crippen LogP contribution in [0.15, 0.2) is 24.8 Å². The molecule has 0 aromatic rings. The number of carbonyl (C=O) groups excluding carboxylic acids is 11. The van der Waals surface area contributed by atoms with E-state index in [1.54, 1.807) is 59.8 Å². The number of aliphatic hydroxyl groups excluding tert-OH is 1. The van der Waals surface area contributed by atoms with Crippen LogP contribution in [-0.4, -0.2) is 227 Å². The van der Waals surface area contributed by atoms with Gasteiger partial charge in [-0.1, -0.05) is 122 Å². The monoisotopic (exact) mass is 1210 g/mol. The summed E-state index contributed by atoms with van der Waals surface area (Å²) in [4.78, 5) is 169. The lowest BCUT2D eigenvalue weighted by Gasteiger charge is -2.41. The fourth-order valence-corrected chi connectivity index (χ4v) is 10.7. The number of rotatable bonds is 16. The van der Waals surface area contributed by atoms with E-state index in [4.69, 9.17) is 0 Å². The van der Waals surface area contributed by atoms with Crippen LogP contribution >= 0.6 is 0 Å². The zero-order valence-electron chi connectivity index (χ0n) is 56.3. The van der Waals surface area contributed by atoms with E-state index in [0.717, 1.165) is 9.80 Å². The van der Waals surface area contributed by atoms with Crippen LogP contribution in [0, 0.1) is 41.4 Å². The van der Waals surface area contributed by atoms with Crippen molar-refractivity contribution in [2.45, 2.75) is 216 Å². The van der Waals surface area contributed by atoms with Gasteiger partial charge in [-0.15, -0.1) is 0 Å². The van der Waals surface area contributed by atoms with Crippen LogP contribution in [0.1, 0.15) is 149 Å². The highest BCUT2D eigenvalue weighted by molar-refractivity contribution is 5.99. The Morgan fingerprint density at radius 1 is 0.477 bits per heavy atom. The third-order valence-electron chi connectivity index (χ3n) is 16.1. The first kappa shape index (κ1) is 77.6. The molecule has 1 rings (SSSR count). The van der Waals surface area contributed by atoms with E-state index in [2.05, 4.69) is 27.8 Å². The number of nitrogens with one attached hydrogen (secondary N) is 4. The highest BCUT2D eigenvalue weighted by atomic mass is 16.3. The number of aliphatic hydroxyl groups is 1. The molecule has 11 amide bonds. The zero-order valence-corrected chi connectivity index (χ0v) is 56.3. The maximum atomic E-state index is 15.2. The van der Waals surface area contributed by atoms with Gasteiger partial charge in [-0.25, -0.2) is 0 Å². The molecule has 0 aromatic heterocycles. The van der Waals surface area contributed by atoms with Crippen LogP contribution in [0.5, 0.6) is 0 Å². The Morgan fingerprint density at radius 2 is 0.895 bits per heavy atom. The molecule has 1 heterocycles. The van der Waals surface area contributed by atoms with Crippen molar-refractivity contribution < 1.29 is 57.8 Å². The van der Waals surface area contributed by atoms with Gasteiger partial charge in [0.25, 0.3) is 0 Å². The topological polar surface area (TPSA) is 279 Å². The Bertz CT molecular complexity index is 2380. The summed E-state index contributed by atoms with van der Waals surface area (Å²) in [6.07, 6.45) is 4.30. The largest absolute Gasteiger partial charge is 0.390 e. The van der Waals surface area contributed by atoms with Crippen molar-refractivity contribution in [3.63, 3.8) is 0 Å². The van der Waals surface area contributed by atoms with E-state index < -0.39 is 156 Å². The number of amides is 11. The highest BCUT2D eigenvalue weighted by Gasteiger charge is 2.45. The van der Waals surface area contributed by atoms with Gasteiger partial charge < -0.3 is 60.7 Å². The first-order chi connectivity index (χ1) is 39.7. The second-order valence-corrected chi connectivity index (χ2v) is 26.2. The molecule has 0 aromatic carbocycles. The average molecular weight is 1210 g/mol. The van der Waals surface area contributed by atoms with Crippen LogP contribution in [-0.2, 0) is 52.7 Å². The summed E-state index contributed by atoms with van der Waals surface area (Å²) in [7, 11) is 9.88. The smallest absolute Gasteiger partial charge is 0.246 e. The lowest BCUT2D eigenvalue weighted by Crippen LogP contribution is -2.63. The summed E-state index contributed by atoms with van der Waals surface area (Å²) in [5.41, 5.74) is 0. The highest BCUT2D eigenvalue weighted by Crippen LogP contribution is 2.26. The molecule has 1 fully saturated rings. The van der Waals surface area contributed by atoms with Crippen molar-refractivity contribution in [3.05, 3.63) is 24.8 Å². The van der Waals surface area contributed by atoms with Crippen LogP contribution in [0.25, 0.3) is 0 Å². The van der Waals surface area contributed by atoms with E-state index >= 15 is 9.59 Å². The molecule has 1 aliphatic rings. The van der Waals surface area contributed by atoms with Crippen LogP contribution < -0.4 is 21.3 Å². The van der Waals surface area contributed by atoms with Gasteiger partial charge in [0, 0.05) is 49.3 Å². The number of likely N-dealkylation sites (N-methyl/N-ethyl adjacent to an activating group) is 7. The number of nitrogens with zero attached hydrogens (tertiary/aromatic N) is 7. The van der Waals surface area contributed by atoms with E-state index in [1.165, 1.54) is 87.7 Å². The molecule has 0 spiro atoms. The number of allylic oxidation sites excluding steroid dienone is 3. The first-order valence-corrected chi connectivity index (χ1v) is 30.7. The molecule has 23 nitrogen and oxygen atoms in total. The molecule has 5 N–H and O–H groups in total. The molecule has 1 saturated heterocycles. The van der Waals surface area contributed by atoms with E-state index in [1.807, 2.05) is 55.4 Å². The molecule has 490 valence electrons. The second-order valence-electron chi connectivity index (χ2n) is 26.2. The quantitative estimate of drug-likeness (QED) is 0.139. The number of hydrogen-bond acceptors (Lipinski definition) is 12. The van der Waals surface area contributed by atoms with Crippen molar-refractivity contribution in [2.75, 3.05) is 55.9 Å². The van der Waals surface area contributed by atoms with Gasteiger partial charge in [0.1, 0.15) is 60.4 Å². The summed E-state index contributed by atoms with van der Waals surface area (Å²) in [5, 5.41) is 23.1. The summed E-state index contributed by atoms with van der Waals surface area (Å²) >= 11 is 0. The molecule has 0 saturated carbocycles. The minimum Gasteiger partial charge on any atom is -0.390 e. The lowest BCUT2D eigenvalue weighted by atomic mass is 9.91. The van der Waals surface area contributed by atoms with E-state index in [-0.39, 0.29) is 62.2 Å². The molecule has 0 bridgehead atoms. The van der Waals surface area contributed by atoms with Gasteiger partial charge in [0.15, 0.2) is 0 Å². The summed E-state index contributed by atoms with van der Waals surface area (Å²) in [6.45, 7) is 31.2. The predicted octanol–water partition coefficient (Wildman–Crippen LogP) is 3.44. The van der Waals surface area contributed by atoms with Gasteiger partial charge in [-0.05, 0) is 93.8 Å². The normalized spacial score (nSPS) is 26.7. The Hall–Kier alpha value is -6.39. The molecule has 1 aliphatic heterocycles. The van der Waals surface area contributed by atoms with Crippen molar-refractivity contribution in [1.29, 1.82) is 0 Å². The van der Waals surface area contributed by atoms with Gasteiger partial charge >= 0.3 is 0 Å². The molecule has 2 unspecified atom stereocenters. The summed E-state index contributed by atoms with van der Waals surface area (Å²) < 4.78 is 0. The summed E-state index contributed by atoms with van der Waals surface area (Å²) in [6, 6.07) is -12.4. The van der Waals surface area contributed by atoms with Gasteiger partial charge in [-0.2, -0.15) is 0 Å². The SMILES string of the molecule is C=C/C=C/C[C@@H](C)[C@@H](O)C1C(=O)N[C@@H](CC)C(=O)N(C)CC(=O)N(C)[C@@H](CC(C)C)C(=O)NC(C(C)C)C(=O)N(C)[C@@H](CC(C)C)C(=O)N[C@@H](C)C(=O)N[C@H](C)C(=O)N(C)[C@@H](CC(C)C)C(=O)N(C)[C@@H](CC(C)C)C(=O)N(C)[C@@H](C(C)C)C(=O)N1C. The average Bonchev–Trinajstić information content (AvgIpc) is 3.63. The number of carbonyl (C=O) groups is 11.